The number of aromatic amines is 1. The molecule has 140 valence electrons. The second-order valence-corrected chi connectivity index (χ2v) is 8.01. The van der Waals surface area contributed by atoms with Gasteiger partial charge in [-0.15, -0.1) is 0 Å². The fraction of sp³-hybridized carbons (Fsp3) is 0.222. The van der Waals surface area contributed by atoms with Gasteiger partial charge in [0.2, 0.25) is 0 Å². The van der Waals surface area contributed by atoms with Crippen LogP contribution in [0.1, 0.15) is 23.2 Å². The zero-order valence-electron chi connectivity index (χ0n) is 14.3. The molecule has 1 amide bonds. The van der Waals surface area contributed by atoms with Gasteiger partial charge in [-0.1, -0.05) is 12.1 Å². The summed E-state index contributed by atoms with van der Waals surface area (Å²) in [5.41, 5.74) is 1.06. The summed E-state index contributed by atoms with van der Waals surface area (Å²) in [4.78, 5) is 28.1. The Kier molecular flexibility index (Phi) is 4.23. The lowest BCUT2D eigenvalue weighted by Crippen LogP contribution is -2.28. The quantitative estimate of drug-likeness (QED) is 0.712. The Bertz CT molecular complexity index is 1170. The number of nitrogens with one attached hydrogen (secondary N) is 2. The number of hydrogen-bond donors (Lipinski definition) is 2. The molecule has 2 aromatic carbocycles. The highest BCUT2D eigenvalue weighted by Crippen LogP contribution is 2.24. The fourth-order valence-electron chi connectivity index (χ4n) is 3.15. The van der Waals surface area contributed by atoms with Gasteiger partial charge in [-0.2, -0.15) is 0 Å². The normalized spacial score (nSPS) is 14.6. The second kappa shape index (κ2) is 6.58. The molecule has 1 aliphatic rings. The van der Waals surface area contributed by atoms with E-state index in [0.717, 1.165) is 12.8 Å². The topological polar surface area (TPSA) is 112 Å². The molecule has 0 aliphatic carbocycles. The number of benzene rings is 2. The van der Waals surface area contributed by atoms with Gasteiger partial charge in [0.1, 0.15) is 0 Å². The number of hydrogen-bond acceptors (Lipinski definition) is 5. The van der Waals surface area contributed by atoms with Gasteiger partial charge >= 0.3 is 5.76 Å². The maximum atomic E-state index is 12.8. The Morgan fingerprint density at radius 3 is 2.63 bits per heavy atom. The van der Waals surface area contributed by atoms with E-state index in [1.165, 1.54) is 18.2 Å². The molecule has 1 fully saturated rings. The standard InChI is InChI=1S/C18H17N3O5S/c22-17(21-9-3-4-10-21)13-5-1-2-6-14(13)20-27(24,25)12-7-8-15-16(11-12)26-18(23)19-15/h1-2,5-8,11,20H,3-4,9-10H2,(H,19,23). The Labute approximate surface area is 154 Å². The molecular weight excluding hydrogens is 370 g/mol. The Morgan fingerprint density at radius 1 is 1.11 bits per heavy atom. The van der Waals surface area contributed by atoms with E-state index in [4.69, 9.17) is 4.42 Å². The number of likely N-dealkylation sites (tertiary alicyclic amines) is 1. The van der Waals surface area contributed by atoms with E-state index in [-0.39, 0.29) is 22.1 Å². The molecular formula is C18H17N3O5S. The summed E-state index contributed by atoms with van der Waals surface area (Å²) in [7, 11) is -3.97. The average Bonchev–Trinajstić information content (AvgIpc) is 3.29. The molecule has 8 nitrogen and oxygen atoms in total. The smallest absolute Gasteiger partial charge is 0.408 e. The number of fused-ring (bicyclic) bond motifs is 1. The molecule has 0 unspecified atom stereocenters. The van der Waals surface area contributed by atoms with Crippen LogP contribution in [0.25, 0.3) is 11.1 Å². The van der Waals surface area contributed by atoms with E-state index in [9.17, 15) is 18.0 Å². The van der Waals surface area contributed by atoms with E-state index < -0.39 is 15.8 Å². The van der Waals surface area contributed by atoms with E-state index in [1.807, 2.05) is 0 Å². The minimum absolute atomic E-state index is 0.0684. The number of sulfonamides is 1. The van der Waals surface area contributed by atoms with Crippen molar-refractivity contribution in [3.63, 3.8) is 0 Å². The first-order chi connectivity index (χ1) is 12.9. The Morgan fingerprint density at radius 2 is 1.85 bits per heavy atom. The molecule has 4 rings (SSSR count). The highest BCUT2D eigenvalue weighted by molar-refractivity contribution is 7.92. The van der Waals surface area contributed by atoms with Crippen molar-refractivity contribution in [1.82, 2.24) is 9.88 Å². The van der Waals surface area contributed by atoms with Crippen LogP contribution in [0.4, 0.5) is 5.69 Å². The average molecular weight is 387 g/mol. The summed E-state index contributed by atoms with van der Waals surface area (Å²) in [6, 6.07) is 10.6. The first-order valence-corrected chi connectivity index (χ1v) is 9.96. The summed E-state index contributed by atoms with van der Waals surface area (Å²) in [5, 5.41) is 0. The number of nitrogens with zero attached hydrogens (tertiary/aromatic N) is 1. The van der Waals surface area contributed by atoms with Gasteiger partial charge in [0.05, 0.1) is 21.7 Å². The van der Waals surface area contributed by atoms with E-state index in [2.05, 4.69) is 9.71 Å². The van der Waals surface area contributed by atoms with Crippen LogP contribution in [0.2, 0.25) is 0 Å². The monoisotopic (exact) mass is 387 g/mol. The zero-order chi connectivity index (χ0) is 19.0. The number of H-pyrrole nitrogens is 1. The van der Waals surface area contributed by atoms with Crippen LogP contribution in [0.5, 0.6) is 0 Å². The molecule has 0 radical (unpaired) electrons. The van der Waals surface area contributed by atoms with Crippen LogP contribution in [-0.2, 0) is 10.0 Å². The van der Waals surface area contributed by atoms with Gasteiger partial charge in [-0.05, 0) is 37.1 Å². The number of anilines is 1. The van der Waals surface area contributed by atoms with Crippen molar-refractivity contribution >= 4 is 32.7 Å². The van der Waals surface area contributed by atoms with Crippen LogP contribution in [-0.4, -0.2) is 37.3 Å². The predicted octanol–water partition coefficient (Wildman–Crippen LogP) is 2.16. The van der Waals surface area contributed by atoms with Crippen LogP contribution in [0.3, 0.4) is 0 Å². The van der Waals surface area contributed by atoms with Gasteiger partial charge in [-0.3, -0.25) is 14.5 Å². The zero-order valence-corrected chi connectivity index (χ0v) is 15.1. The SMILES string of the molecule is O=C(c1ccccc1NS(=O)(=O)c1ccc2[nH]c(=O)oc2c1)N1CCCC1. The van der Waals surface area contributed by atoms with Crippen LogP contribution in [0, 0.1) is 0 Å². The van der Waals surface area contributed by atoms with Gasteiger partial charge in [-0.25, -0.2) is 13.2 Å². The minimum atomic E-state index is -3.97. The first kappa shape index (κ1) is 17.3. The van der Waals surface area contributed by atoms with Crippen molar-refractivity contribution in [1.29, 1.82) is 0 Å². The third kappa shape index (κ3) is 3.33. The lowest BCUT2D eigenvalue weighted by molar-refractivity contribution is 0.0794. The van der Waals surface area contributed by atoms with Crippen molar-refractivity contribution < 1.29 is 17.6 Å². The Balaban J connectivity index is 1.68. The van der Waals surface area contributed by atoms with Crippen molar-refractivity contribution in [3.05, 3.63) is 58.6 Å². The van der Waals surface area contributed by atoms with E-state index in [1.54, 1.807) is 29.2 Å². The highest BCUT2D eigenvalue weighted by atomic mass is 32.2. The number of rotatable bonds is 4. The predicted molar refractivity (Wildman–Crippen MR) is 99.2 cm³/mol. The summed E-state index contributed by atoms with van der Waals surface area (Å²) in [6.07, 6.45) is 1.89. The van der Waals surface area contributed by atoms with Crippen LogP contribution >= 0.6 is 0 Å². The summed E-state index contributed by atoms with van der Waals surface area (Å²) >= 11 is 0. The number of carbonyl (C=O) groups excluding carboxylic acids is 1. The number of para-hydroxylation sites is 1. The maximum Gasteiger partial charge on any atom is 0.417 e. The summed E-state index contributed by atoms with van der Waals surface area (Å²) in [6.45, 7) is 1.34. The molecule has 3 aromatic rings. The van der Waals surface area contributed by atoms with Gasteiger partial charge < -0.3 is 9.32 Å². The van der Waals surface area contributed by atoms with Crippen molar-refractivity contribution in [2.45, 2.75) is 17.7 Å². The van der Waals surface area contributed by atoms with E-state index >= 15 is 0 Å². The number of carbonyl (C=O) groups is 1. The molecule has 0 bridgehead atoms. The highest BCUT2D eigenvalue weighted by Gasteiger charge is 2.24. The molecule has 9 heteroatoms. The van der Waals surface area contributed by atoms with Crippen LogP contribution < -0.4 is 10.5 Å². The van der Waals surface area contributed by atoms with Crippen LogP contribution in [0.15, 0.2) is 56.6 Å². The minimum Gasteiger partial charge on any atom is -0.408 e. The molecule has 2 heterocycles. The molecule has 27 heavy (non-hydrogen) atoms. The number of amides is 1. The lowest BCUT2D eigenvalue weighted by Gasteiger charge is -2.18. The molecule has 1 saturated heterocycles. The van der Waals surface area contributed by atoms with Crippen molar-refractivity contribution in [3.8, 4) is 0 Å². The fourth-order valence-corrected chi connectivity index (χ4v) is 4.24. The molecule has 0 spiro atoms. The maximum absolute atomic E-state index is 12.8. The number of oxazole rings is 1. The van der Waals surface area contributed by atoms with Gasteiger partial charge in [0.25, 0.3) is 15.9 Å². The first-order valence-electron chi connectivity index (χ1n) is 8.48. The van der Waals surface area contributed by atoms with Crippen molar-refractivity contribution in [2.24, 2.45) is 0 Å². The molecule has 0 atom stereocenters. The molecule has 1 aromatic heterocycles. The van der Waals surface area contributed by atoms with Crippen molar-refractivity contribution in [2.75, 3.05) is 17.8 Å². The third-order valence-corrected chi connectivity index (χ3v) is 5.86. The van der Waals surface area contributed by atoms with E-state index in [0.29, 0.717) is 24.2 Å². The van der Waals surface area contributed by atoms with Gasteiger partial charge in [0.15, 0.2) is 5.58 Å². The second-order valence-electron chi connectivity index (χ2n) is 6.32. The molecule has 2 N–H and O–H groups in total. The lowest BCUT2D eigenvalue weighted by atomic mass is 10.1. The largest absolute Gasteiger partial charge is 0.417 e. The molecule has 0 saturated carbocycles. The molecule has 1 aliphatic heterocycles. The third-order valence-electron chi connectivity index (χ3n) is 4.50. The summed E-state index contributed by atoms with van der Waals surface area (Å²) in [5.74, 6) is -0.855. The number of aromatic nitrogens is 1. The summed E-state index contributed by atoms with van der Waals surface area (Å²) < 4.78 is 33.0. The van der Waals surface area contributed by atoms with Gasteiger partial charge in [0, 0.05) is 19.2 Å². The Hall–Kier alpha value is -3.07.